The number of carbonyl (C=O) groups is 1. The summed E-state index contributed by atoms with van der Waals surface area (Å²) in [5.74, 6) is 0. The van der Waals surface area contributed by atoms with Crippen molar-refractivity contribution < 1.29 is 9.90 Å². The second-order valence-corrected chi connectivity index (χ2v) is 5.38. The average molecular weight is 305 g/mol. The highest BCUT2D eigenvalue weighted by atomic mass is 35.5. The molecule has 0 saturated heterocycles. The van der Waals surface area contributed by atoms with Crippen LogP contribution in [0.4, 0.5) is 10.5 Å². The monoisotopic (exact) mass is 304 g/mol. The molecule has 0 spiro atoms. The van der Waals surface area contributed by atoms with Crippen molar-refractivity contribution >= 4 is 23.3 Å². The number of anilines is 1. The summed E-state index contributed by atoms with van der Waals surface area (Å²) in [5.41, 5.74) is 0.613. The zero-order valence-electron chi connectivity index (χ0n) is 11.6. The maximum absolute atomic E-state index is 12.1. The predicted octanol–water partition coefficient (Wildman–Crippen LogP) is 3.37. The number of carbonyl (C=O) groups excluding carboxylic acids is 1. The van der Waals surface area contributed by atoms with E-state index in [1.165, 1.54) is 0 Å². The van der Waals surface area contributed by atoms with Crippen molar-refractivity contribution in [3.8, 4) is 0 Å². The van der Waals surface area contributed by atoms with Crippen LogP contribution in [0.15, 0.2) is 54.6 Å². The fraction of sp³-hybridized carbons (Fsp3) is 0.188. The molecule has 0 fully saturated rings. The Hall–Kier alpha value is -2.04. The van der Waals surface area contributed by atoms with Crippen LogP contribution in [-0.4, -0.2) is 17.7 Å². The number of hydrogen-bond donors (Lipinski definition) is 3. The zero-order valence-corrected chi connectivity index (χ0v) is 12.4. The van der Waals surface area contributed by atoms with Crippen molar-refractivity contribution in [2.75, 3.05) is 11.9 Å². The van der Waals surface area contributed by atoms with E-state index in [1.807, 2.05) is 30.3 Å². The lowest BCUT2D eigenvalue weighted by molar-refractivity contribution is 0.176. The number of halogens is 1. The molecule has 5 heteroatoms. The lowest BCUT2D eigenvalue weighted by atomic mass is 9.93. The number of amides is 2. The largest absolute Gasteiger partial charge is 0.394 e. The summed E-state index contributed by atoms with van der Waals surface area (Å²) in [6.45, 7) is 1.56. The highest BCUT2D eigenvalue weighted by molar-refractivity contribution is 6.30. The van der Waals surface area contributed by atoms with E-state index >= 15 is 0 Å². The first kappa shape index (κ1) is 15.4. The molecule has 2 amide bonds. The molecule has 0 bridgehead atoms. The van der Waals surface area contributed by atoms with Gasteiger partial charge in [-0.1, -0.05) is 41.9 Å². The Labute approximate surface area is 128 Å². The number of urea groups is 1. The Balaban J connectivity index is 2.08. The van der Waals surface area contributed by atoms with Crippen LogP contribution in [0.1, 0.15) is 12.5 Å². The Bertz CT molecular complexity index is 601. The molecule has 21 heavy (non-hydrogen) atoms. The normalized spacial score (nSPS) is 13.3. The minimum absolute atomic E-state index is 0.203. The van der Waals surface area contributed by atoms with Gasteiger partial charge in [-0.05, 0) is 36.8 Å². The molecule has 0 radical (unpaired) electrons. The first-order valence-electron chi connectivity index (χ1n) is 6.54. The average Bonchev–Trinajstić information content (AvgIpc) is 2.50. The minimum atomic E-state index is -0.849. The molecular formula is C16H17ClN2O2. The summed E-state index contributed by atoms with van der Waals surface area (Å²) in [6, 6.07) is 15.7. The molecule has 2 rings (SSSR count). The standard InChI is InChI=1S/C16H17ClN2O2/c1-16(11-20,12-5-3-2-4-6-12)19-15(21)18-14-9-7-13(17)8-10-14/h2-10,20H,11H2,1H3,(H2,18,19,21). The van der Waals surface area contributed by atoms with Gasteiger partial charge in [0.05, 0.1) is 12.1 Å². The van der Waals surface area contributed by atoms with Crippen molar-refractivity contribution in [2.24, 2.45) is 0 Å². The molecule has 1 unspecified atom stereocenters. The van der Waals surface area contributed by atoms with E-state index in [0.29, 0.717) is 10.7 Å². The Morgan fingerprint density at radius 3 is 2.33 bits per heavy atom. The van der Waals surface area contributed by atoms with Crippen molar-refractivity contribution in [1.29, 1.82) is 0 Å². The highest BCUT2D eigenvalue weighted by Gasteiger charge is 2.27. The number of aliphatic hydroxyl groups is 1. The molecule has 4 nitrogen and oxygen atoms in total. The second-order valence-electron chi connectivity index (χ2n) is 4.94. The highest BCUT2D eigenvalue weighted by Crippen LogP contribution is 2.20. The van der Waals surface area contributed by atoms with E-state index < -0.39 is 11.6 Å². The van der Waals surface area contributed by atoms with Crippen LogP contribution in [0.5, 0.6) is 0 Å². The van der Waals surface area contributed by atoms with Crippen LogP contribution in [0, 0.1) is 0 Å². The van der Waals surface area contributed by atoms with Crippen LogP contribution in [0.3, 0.4) is 0 Å². The third kappa shape index (κ3) is 3.97. The predicted molar refractivity (Wildman–Crippen MR) is 84.5 cm³/mol. The quantitative estimate of drug-likeness (QED) is 0.811. The lowest BCUT2D eigenvalue weighted by Crippen LogP contribution is -2.48. The van der Waals surface area contributed by atoms with E-state index in [2.05, 4.69) is 10.6 Å². The lowest BCUT2D eigenvalue weighted by Gasteiger charge is -2.29. The Kier molecular flexibility index (Phi) is 4.83. The minimum Gasteiger partial charge on any atom is -0.394 e. The van der Waals surface area contributed by atoms with Gasteiger partial charge in [-0.3, -0.25) is 0 Å². The molecule has 3 N–H and O–H groups in total. The molecule has 0 heterocycles. The topological polar surface area (TPSA) is 61.4 Å². The second kappa shape index (κ2) is 6.61. The van der Waals surface area contributed by atoms with E-state index in [-0.39, 0.29) is 6.61 Å². The van der Waals surface area contributed by atoms with Crippen LogP contribution in [-0.2, 0) is 5.54 Å². The van der Waals surface area contributed by atoms with Crippen LogP contribution in [0.2, 0.25) is 5.02 Å². The van der Waals surface area contributed by atoms with Gasteiger partial charge in [0.1, 0.15) is 0 Å². The molecule has 2 aromatic rings. The van der Waals surface area contributed by atoms with Crippen molar-refractivity contribution in [3.63, 3.8) is 0 Å². The number of rotatable bonds is 4. The van der Waals surface area contributed by atoms with Gasteiger partial charge in [-0.25, -0.2) is 4.79 Å². The van der Waals surface area contributed by atoms with Gasteiger partial charge in [0, 0.05) is 10.7 Å². The molecule has 0 aliphatic rings. The summed E-state index contributed by atoms with van der Waals surface area (Å²) >= 11 is 5.80. The number of hydrogen-bond acceptors (Lipinski definition) is 2. The van der Waals surface area contributed by atoms with Crippen molar-refractivity contribution in [3.05, 3.63) is 65.2 Å². The third-order valence-corrected chi connectivity index (χ3v) is 3.47. The summed E-state index contributed by atoms with van der Waals surface area (Å²) < 4.78 is 0. The van der Waals surface area contributed by atoms with E-state index in [0.717, 1.165) is 5.56 Å². The van der Waals surface area contributed by atoms with Crippen LogP contribution < -0.4 is 10.6 Å². The van der Waals surface area contributed by atoms with Crippen molar-refractivity contribution in [1.82, 2.24) is 5.32 Å². The number of aliphatic hydroxyl groups excluding tert-OH is 1. The van der Waals surface area contributed by atoms with Gasteiger partial charge in [0.25, 0.3) is 0 Å². The molecule has 1 atom stereocenters. The first-order chi connectivity index (χ1) is 10.0. The number of benzene rings is 2. The van der Waals surface area contributed by atoms with Gasteiger partial charge in [-0.15, -0.1) is 0 Å². The van der Waals surface area contributed by atoms with Gasteiger partial charge in [0.15, 0.2) is 0 Å². The van der Waals surface area contributed by atoms with Gasteiger partial charge in [-0.2, -0.15) is 0 Å². The SMILES string of the molecule is CC(CO)(NC(=O)Nc1ccc(Cl)cc1)c1ccccc1. The van der Waals surface area contributed by atoms with Gasteiger partial charge in [0.2, 0.25) is 0 Å². The number of nitrogens with one attached hydrogen (secondary N) is 2. The molecule has 2 aromatic carbocycles. The smallest absolute Gasteiger partial charge is 0.320 e. The molecule has 0 aliphatic heterocycles. The Morgan fingerprint density at radius 1 is 1.14 bits per heavy atom. The van der Waals surface area contributed by atoms with E-state index in [9.17, 15) is 9.90 Å². The first-order valence-corrected chi connectivity index (χ1v) is 6.92. The molecule has 0 aromatic heterocycles. The summed E-state index contributed by atoms with van der Waals surface area (Å²) in [7, 11) is 0. The zero-order chi connectivity index (χ0) is 15.3. The molecule has 0 aliphatic carbocycles. The van der Waals surface area contributed by atoms with Gasteiger partial charge >= 0.3 is 6.03 Å². The third-order valence-electron chi connectivity index (χ3n) is 3.22. The molecule has 110 valence electrons. The fourth-order valence-corrected chi connectivity index (χ4v) is 2.08. The Morgan fingerprint density at radius 2 is 1.76 bits per heavy atom. The summed E-state index contributed by atoms with van der Waals surface area (Å²) in [5, 5.41) is 15.7. The maximum Gasteiger partial charge on any atom is 0.320 e. The van der Waals surface area contributed by atoms with E-state index in [1.54, 1.807) is 31.2 Å². The van der Waals surface area contributed by atoms with E-state index in [4.69, 9.17) is 11.6 Å². The summed E-state index contributed by atoms with van der Waals surface area (Å²) in [6.07, 6.45) is 0. The maximum atomic E-state index is 12.1. The van der Waals surface area contributed by atoms with Crippen LogP contribution >= 0.6 is 11.6 Å². The molecular weight excluding hydrogens is 288 g/mol. The van der Waals surface area contributed by atoms with Crippen molar-refractivity contribution in [2.45, 2.75) is 12.5 Å². The summed E-state index contributed by atoms with van der Waals surface area (Å²) in [4.78, 5) is 12.1. The fourth-order valence-electron chi connectivity index (χ4n) is 1.96. The van der Waals surface area contributed by atoms with Gasteiger partial charge < -0.3 is 15.7 Å². The molecule has 0 saturated carbocycles. The van der Waals surface area contributed by atoms with Crippen LogP contribution in [0.25, 0.3) is 0 Å².